The Kier molecular flexibility index (Phi) is 4.00. The minimum absolute atomic E-state index is 0.428. The van der Waals surface area contributed by atoms with Gasteiger partial charge >= 0.3 is 0 Å². The number of hydrogen-bond donors (Lipinski definition) is 1. The van der Waals surface area contributed by atoms with Crippen molar-refractivity contribution in [2.24, 2.45) is 17.8 Å². The first-order chi connectivity index (χ1) is 6.42. The van der Waals surface area contributed by atoms with Crippen molar-refractivity contribution in [1.29, 1.82) is 0 Å². The van der Waals surface area contributed by atoms with Gasteiger partial charge in [0.05, 0.1) is 5.60 Å². The van der Waals surface area contributed by atoms with Crippen molar-refractivity contribution >= 4 is 0 Å². The van der Waals surface area contributed by atoms with E-state index >= 15 is 0 Å². The van der Waals surface area contributed by atoms with E-state index in [0.717, 1.165) is 12.3 Å². The molecule has 3 unspecified atom stereocenters. The van der Waals surface area contributed by atoms with Gasteiger partial charge in [0.1, 0.15) is 0 Å². The Labute approximate surface area is 88.9 Å². The predicted molar refractivity (Wildman–Crippen MR) is 61.2 cm³/mol. The van der Waals surface area contributed by atoms with Gasteiger partial charge in [-0.3, -0.25) is 0 Å². The molecule has 0 aromatic heterocycles. The molecule has 84 valence electrons. The molecule has 0 aliphatic heterocycles. The van der Waals surface area contributed by atoms with Crippen LogP contribution in [0.25, 0.3) is 0 Å². The van der Waals surface area contributed by atoms with Crippen LogP contribution in [0.15, 0.2) is 0 Å². The molecule has 1 heteroatoms. The Morgan fingerprint density at radius 3 is 2.50 bits per heavy atom. The molecule has 1 nitrogen and oxygen atoms in total. The quantitative estimate of drug-likeness (QED) is 0.734. The van der Waals surface area contributed by atoms with Crippen molar-refractivity contribution in [3.05, 3.63) is 0 Å². The van der Waals surface area contributed by atoms with Crippen molar-refractivity contribution in [1.82, 2.24) is 0 Å². The van der Waals surface area contributed by atoms with Crippen LogP contribution in [-0.4, -0.2) is 10.7 Å². The summed E-state index contributed by atoms with van der Waals surface area (Å²) in [7, 11) is 0. The molecule has 0 amide bonds. The molecule has 0 bridgehead atoms. The highest BCUT2D eigenvalue weighted by Crippen LogP contribution is 2.38. The molecular weight excluding hydrogens is 172 g/mol. The lowest BCUT2D eigenvalue weighted by molar-refractivity contribution is -0.0396. The molecule has 0 aromatic carbocycles. The second kappa shape index (κ2) is 4.65. The molecule has 0 radical (unpaired) electrons. The van der Waals surface area contributed by atoms with E-state index < -0.39 is 5.60 Å². The molecule has 0 spiro atoms. The third kappa shape index (κ3) is 3.27. The van der Waals surface area contributed by atoms with E-state index in [-0.39, 0.29) is 0 Å². The Morgan fingerprint density at radius 1 is 1.36 bits per heavy atom. The molecule has 14 heavy (non-hydrogen) atoms. The smallest absolute Gasteiger partial charge is 0.0650 e. The van der Waals surface area contributed by atoms with Crippen LogP contribution in [0.1, 0.15) is 59.8 Å². The van der Waals surface area contributed by atoms with Crippen LogP contribution in [-0.2, 0) is 0 Å². The maximum atomic E-state index is 10.4. The van der Waals surface area contributed by atoms with Crippen molar-refractivity contribution in [2.45, 2.75) is 65.4 Å². The van der Waals surface area contributed by atoms with Crippen molar-refractivity contribution in [2.75, 3.05) is 0 Å². The zero-order valence-electron chi connectivity index (χ0n) is 10.2. The summed E-state index contributed by atoms with van der Waals surface area (Å²) in [6.45, 7) is 8.74. The first-order valence-corrected chi connectivity index (χ1v) is 6.14. The highest BCUT2D eigenvalue weighted by Gasteiger charge is 2.34. The van der Waals surface area contributed by atoms with Crippen LogP contribution in [0.4, 0.5) is 0 Å². The number of aliphatic hydroxyl groups is 1. The van der Waals surface area contributed by atoms with E-state index in [4.69, 9.17) is 0 Å². The Hall–Kier alpha value is -0.0400. The van der Waals surface area contributed by atoms with Gasteiger partial charge in [-0.05, 0) is 43.9 Å². The maximum Gasteiger partial charge on any atom is 0.0650 e. The minimum atomic E-state index is -0.428. The van der Waals surface area contributed by atoms with E-state index in [1.807, 2.05) is 6.92 Å². The van der Waals surface area contributed by atoms with Crippen molar-refractivity contribution in [3.8, 4) is 0 Å². The molecule has 1 rings (SSSR count). The van der Waals surface area contributed by atoms with Crippen LogP contribution in [0.2, 0.25) is 0 Å². The lowest BCUT2D eigenvalue weighted by atomic mass is 9.71. The third-order valence-electron chi connectivity index (χ3n) is 3.64. The van der Waals surface area contributed by atoms with Gasteiger partial charge < -0.3 is 5.11 Å². The van der Waals surface area contributed by atoms with Gasteiger partial charge in [0.25, 0.3) is 0 Å². The summed E-state index contributed by atoms with van der Waals surface area (Å²) >= 11 is 0. The molecule has 3 atom stereocenters. The number of hydrogen-bond acceptors (Lipinski definition) is 1. The van der Waals surface area contributed by atoms with E-state index in [1.54, 1.807) is 0 Å². The van der Waals surface area contributed by atoms with E-state index in [1.165, 1.54) is 25.7 Å². The van der Waals surface area contributed by atoms with Gasteiger partial charge in [0.15, 0.2) is 0 Å². The van der Waals surface area contributed by atoms with E-state index in [0.29, 0.717) is 11.8 Å². The summed E-state index contributed by atoms with van der Waals surface area (Å²) in [6.07, 6.45) is 6.06. The Bertz CT molecular complexity index is 172. The maximum absolute atomic E-state index is 10.4. The van der Waals surface area contributed by atoms with Crippen LogP contribution < -0.4 is 0 Å². The lowest BCUT2D eigenvalue weighted by Gasteiger charge is -2.39. The Morgan fingerprint density at radius 2 is 2.00 bits per heavy atom. The lowest BCUT2D eigenvalue weighted by Crippen LogP contribution is -2.38. The zero-order valence-corrected chi connectivity index (χ0v) is 10.2. The number of rotatable bonds is 3. The van der Waals surface area contributed by atoms with Gasteiger partial charge in [-0.1, -0.05) is 33.6 Å². The normalized spacial score (nSPS) is 33.0. The predicted octanol–water partition coefficient (Wildman–Crippen LogP) is 3.61. The molecule has 1 aliphatic carbocycles. The first-order valence-electron chi connectivity index (χ1n) is 6.14. The molecular formula is C13H26O. The summed E-state index contributed by atoms with van der Waals surface area (Å²) in [5.74, 6) is 1.95. The van der Waals surface area contributed by atoms with Crippen LogP contribution in [0.5, 0.6) is 0 Å². The summed E-state index contributed by atoms with van der Waals surface area (Å²) in [5.41, 5.74) is -0.428. The average Bonchev–Trinajstić information content (AvgIpc) is 2.01. The topological polar surface area (TPSA) is 20.2 Å². The largest absolute Gasteiger partial charge is 0.390 e. The second-order valence-electron chi connectivity index (χ2n) is 5.92. The first kappa shape index (κ1) is 12.0. The summed E-state index contributed by atoms with van der Waals surface area (Å²) in [4.78, 5) is 0. The van der Waals surface area contributed by atoms with E-state index in [9.17, 15) is 5.11 Å². The van der Waals surface area contributed by atoms with Gasteiger partial charge in [-0.25, -0.2) is 0 Å². The fraction of sp³-hybridized carbons (Fsp3) is 1.00. The van der Waals surface area contributed by atoms with E-state index in [2.05, 4.69) is 20.8 Å². The summed E-state index contributed by atoms with van der Waals surface area (Å²) in [6, 6.07) is 0. The SMILES string of the molecule is CC(C)CC(C)(O)C1CCCC(C)C1. The molecule has 1 aliphatic rings. The molecule has 0 heterocycles. The standard InChI is InChI=1S/C13H26O/c1-10(2)9-13(4,14)12-7-5-6-11(3)8-12/h10-12,14H,5-9H2,1-4H3. The Balaban J connectivity index is 2.52. The van der Waals surface area contributed by atoms with Gasteiger partial charge in [0, 0.05) is 0 Å². The summed E-state index contributed by atoms with van der Waals surface area (Å²) < 4.78 is 0. The molecule has 0 aromatic rings. The van der Waals surface area contributed by atoms with Gasteiger partial charge in [-0.2, -0.15) is 0 Å². The highest BCUT2D eigenvalue weighted by atomic mass is 16.3. The second-order valence-corrected chi connectivity index (χ2v) is 5.92. The summed E-state index contributed by atoms with van der Waals surface area (Å²) in [5, 5.41) is 10.4. The monoisotopic (exact) mass is 198 g/mol. The highest BCUT2D eigenvalue weighted by molar-refractivity contribution is 4.86. The fourth-order valence-electron chi connectivity index (χ4n) is 2.99. The minimum Gasteiger partial charge on any atom is -0.390 e. The molecule has 1 N–H and O–H groups in total. The van der Waals surface area contributed by atoms with Crippen molar-refractivity contribution in [3.63, 3.8) is 0 Å². The molecule has 0 saturated heterocycles. The fourth-order valence-corrected chi connectivity index (χ4v) is 2.99. The van der Waals surface area contributed by atoms with Gasteiger partial charge in [-0.15, -0.1) is 0 Å². The van der Waals surface area contributed by atoms with Crippen LogP contribution in [0, 0.1) is 17.8 Å². The zero-order chi connectivity index (χ0) is 10.8. The van der Waals surface area contributed by atoms with Gasteiger partial charge in [0.2, 0.25) is 0 Å². The van der Waals surface area contributed by atoms with Crippen molar-refractivity contribution < 1.29 is 5.11 Å². The molecule has 1 fully saturated rings. The van der Waals surface area contributed by atoms with Crippen LogP contribution >= 0.6 is 0 Å². The third-order valence-corrected chi connectivity index (χ3v) is 3.64. The molecule has 1 saturated carbocycles. The average molecular weight is 198 g/mol. The van der Waals surface area contributed by atoms with Crippen LogP contribution in [0.3, 0.4) is 0 Å².